The van der Waals surface area contributed by atoms with Gasteiger partial charge in [-0.1, -0.05) is 6.07 Å². The van der Waals surface area contributed by atoms with E-state index in [-0.39, 0.29) is 11.9 Å². The van der Waals surface area contributed by atoms with Crippen molar-refractivity contribution in [1.29, 1.82) is 0 Å². The van der Waals surface area contributed by atoms with Gasteiger partial charge in [-0.3, -0.25) is 4.90 Å². The third-order valence-corrected chi connectivity index (χ3v) is 4.11. The summed E-state index contributed by atoms with van der Waals surface area (Å²) in [6.45, 7) is 8.74. The molecule has 0 radical (unpaired) electrons. The zero-order valence-corrected chi connectivity index (χ0v) is 12.8. The molecule has 0 aromatic heterocycles. The highest BCUT2D eigenvalue weighted by molar-refractivity contribution is 5.30. The number of nitrogens with zero attached hydrogens (tertiary/aromatic N) is 1. The van der Waals surface area contributed by atoms with Crippen LogP contribution in [0, 0.1) is 5.82 Å². The molecule has 0 amide bonds. The van der Waals surface area contributed by atoms with E-state index in [0.29, 0.717) is 17.8 Å². The molecule has 1 aromatic carbocycles. The van der Waals surface area contributed by atoms with E-state index in [1.165, 1.54) is 7.11 Å². The average molecular weight is 280 g/mol. The van der Waals surface area contributed by atoms with E-state index < -0.39 is 0 Å². The van der Waals surface area contributed by atoms with Gasteiger partial charge in [0.1, 0.15) is 0 Å². The Kier molecular flexibility index (Phi) is 5.00. The van der Waals surface area contributed by atoms with Crippen LogP contribution >= 0.6 is 0 Å². The first-order valence-corrected chi connectivity index (χ1v) is 7.34. The lowest BCUT2D eigenvalue weighted by atomic mass is 10.1. The van der Waals surface area contributed by atoms with Gasteiger partial charge in [-0.15, -0.1) is 0 Å². The number of benzene rings is 1. The molecule has 3 nitrogen and oxygen atoms in total. The second-order valence-corrected chi connectivity index (χ2v) is 5.86. The summed E-state index contributed by atoms with van der Waals surface area (Å²) in [5.74, 6) is 0.00155. The highest BCUT2D eigenvalue weighted by Crippen LogP contribution is 2.23. The minimum Gasteiger partial charge on any atom is -0.494 e. The van der Waals surface area contributed by atoms with Crippen LogP contribution in [-0.4, -0.2) is 37.2 Å². The van der Waals surface area contributed by atoms with Crippen molar-refractivity contribution in [3.05, 3.63) is 29.6 Å². The van der Waals surface area contributed by atoms with Gasteiger partial charge in [0.15, 0.2) is 11.6 Å². The molecule has 0 saturated carbocycles. The van der Waals surface area contributed by atoms with Crippen molar-refractivity contribution in [2.75, 3.05) is 20.2 Å². The van der Waals surface area contributed by atoms with Crippen molar-refractivity contribution in [3.8, 4) is 5.75 Å². The number of rotatable bonds is 5. The van der Waals surface area contributed by atoms with Crippen LogP contribution in [0.3, 0.4) is 0 Å². The largest absolute Gasteiger partial charge is 0.494 e. The molecule has 1 saturated heterocycles. The van der Waals surface area contributed by atoms with Crippen molar-refractivity contribution in [1.82, 2.24) is 10.2 Å². The maximum Gasteiger partial charge on any atom is 0.165 e. The van der Waals surface area contributed by atoms with Crippen molar-refractivity contribution in [3.63, 3.8) is 0 Å². The first-order valence-electron chi connectivity index (χ1n) is 7.34. The molecular weight excluding hydrogens is 255 g/mol. The van der Waals surface area contributed by atoms with E-state index in [9.17, 15) is 4.39 Å². The Morgan fingerprint density at radius 1 is 1.35 bits per heavy atom. The molecule has 1 aliphatic rings. The number of ether oxygens (including phenoxy) is 1. The van der Waals surface area contributed by atoms with Gasteiger partial charge in [-0.05, 0) is 51.4 Å². The zero-order valence-electron chi connectivity index (χ0n) is 12.8. The monoisotopic (exact) mass is 280 g/mol. The highest BCUT2D eigenvalue weighted by atomic mass is 19.1. The number of methoxy groups -OCH3 is 1. The van der Waals surface area contributed by atoms with Crippen molar-refractivity contribution >= 4 is 0 Å². The van der Waals surface area contributed by atoms with E-state index in [1.54, 1.807) is 12.1 Å². The fraction of sp³-hybridized carbons (Fsp3) is 0.625. The van der Waals surface area contributed by atoms with Crippen molar-refractivity contribution < 1.29 is 9.13 Å². The maximum atomic E-state index is 13.7. The van der Waals surface area contributed by atoms with Crippen LogP contribution in [0.1, 0.15) is 38.8 Å². The second kappa shape index (κ2) is 6.55. The second-order valence-electron chi connectivity index (χ2n) is 5.86. The topological polar surface area (TPSA) is 24.5 Å². The molecule has 0 bridgehead atoms. The van der Waals surface area contributed by atoms with E-state index in [4.69, 9.17) is 4.74 Å². The van der Waals surface area contributed by atoms with Gasteiger partial charge in [-0.2, -0.15) is 0 Å². The number of hydrogen-bond acceptors (Lipinski definition) is 3. The smallest absolute Gasteiger partial charge is 0.165 e. The van der Waals surface area contributed by atoms with Gasteiger partial charge in [-0.25, -0.2) is 4.39 Å². The predicted octanol–water partition coefficient (Wildman–Crippen LogP) is 2.97. The number of nitrogens with one attached hydrogen (secondary N) is 1. The highest BCUT2D eigenvalue weighted by Gasteiger charge is 2.25. The van der Waals surface area contributed by atoms with Gasteiger partial charge >= 0.3 is 0 Å². The molecule has 1 heterocycles. The Morgan fingerprint density at radius 3 is 2.65 bits per heavy atom. The molecule has 20 heavy (non-hydrogen) atoms. The van der Waals surface area contributed by atoms with Crippen LogP contribution in [-0.2, 0) is 0 Å². The molecule has 0 spiro atoms. The number of likely N-dealkylation sites (tertiary alicyclic amines) is 1. The summed E-state index contributed by atoms with van der Waals surface area (Å²) in [4.78, 5) is 2.47. The fourth-order valence-electron chi connectivity index (χ4n) is 2.79. The van der Waals surface area contributed by atoms with Gasteiger partial charge in [0.2, 0.25) is 0 Å². The first kappa shape index (κ1) is 15.3. The lowest BCUT2D eigenvalue weighted by Gasteiger charge is -2.23. The summed E-state index contributed by atoms with van der Waals surface area (Å²) in [6, 6.07) is 6.40. The van der Waals surface area contributed by atoms with Crippen LogP contribution in [0.2, 0.25) is 0 Å². The van der Waals surface area contributed by atoms with Gasteiger partial charge in [0.05, 0.1) is 7.11 Å². The predicted molar refractivity (Wildman–Crippen MR) is 79.6 cm³/mol. The normalized spacial score (nSPS) is 21.4. The van der Waals surface area contributed by atoms with Crippen LogP contribution in [0.15, 0.2) is 18.2 Å². The molecule has 0 aliphatic carbocycles. The quantitative estimate of drug-likeness (QED) is 0.897. The standard InChI is InChI=1S/C16H25FN2O/c1-11(2)19-8-7-14(10-19)18-12(3)13-5-6-16(20-4)15(17)9-13/h5-6,9,11-12,14,18H,7-8,10H2,1-4H3. The van der Waals surface area contributed by atoms with E-state index in [2.05, 4.69) is 31.0 Å². The minimum absolute atomic E-state index is 0.146. The van der Waals surface area contributed by atoms with Crippen LogP contribution < -0.4 is 10.1 Å². The Balaban J connectivity index is 1.95. The van der Waals surface area contributed by atoms with E-state index in [0.717, 1.165) is 25.1 Å². The minimum atomic E-state index is -0.297. The SMILES string of the molecule is COc1ccc(C(C)NC2CCN(C(C)C)C2)cc1F. The van der Waals surface area contributed by atoms with Crippen molar-refractivity contribution in [2.24, 2.45) is 0 Å². The summed E-state index contributed by atoms with van der Waals surface area (Å²) in [7, 11) is 1.48. The summed E-state index contributed by atoms with van der Waals surface area (Å²) in [5, 5.41) is 3.60. The molecule has 4 heteroatoms. The molecule has 2 rings (SSSR count). The van der Waals surface area contributed by atoms with Crippen molar-refractivity contribution in [2.45, 2.75) is 45.3 Å². The summed E-state index contributed by atoms with van der Waals surface area (Å²) < 4.78 is 18.7. The van der Waals surface area contributed by atoms with Crippen LogP contribution in [0.5, 0.6) is 5.75 Å². The Morgan fingerprint density at radius 2 is 2.10 bits per heavy atom. The first-order chi connectivity index (χ1) is 9.51. The Bertz CT molecular complexity index is 450. The maximum absolute atomic E-state index is 13.7. The number of halogens is 1. The summed E-state index contributed by atoms with van der Waals surface area (Å²) >= 11 is 0. The average Bonchev–Trinajstić information content (AvgIpc) is 2.87. The molecule has 1 aromatic rings. The molecule has 1 aliphatic heterocycles. The van der Waals surface area contributed by atoms with Gasteiger partial charge < -0.3 is 10.1 Å². The van der Waals surface area contributed by atoms with E-state index in [1.807, 2.05) is 6.07 Å². The lowest BCUT2D eigenvalue weighted by Crippen LogP contribution is -2.36. The Hall–Kier alpha value is -1.13. The third kappa shape index (κ3) is 3.49. The van der Waals surface area contributed by atoms with Gasteiger partial charge in [0, 0.05) is 24.7 Å². The summed E-state index contributed by atoms with van der Waals surface area (Å²) in [5.41, 5.74) is 0.964. The molecular formula is C16H25FN2O. The summed E-state index contributed by atoms with van der Waals surface area (Å²) in [6.07, 6.45) is 1.15. The fourth-order valence-corrected chi connectivity index (χ4v) is 2.79. The van der Waals surface area contributed by atoms with E-state index >= 15 is 0 Å². The molecule has 112 valence electrons. The van der Waals surface area contributed by atoms with Crippen LogP contribution in [0.4, 0.5) is 4.39 Å². The number of hydrogen-bond donors (Lipinski definition) is 1. The Labute approximate surface area is 121 Å². The third-order valence-electron chi connectivity index (χ3n) is 4.11. The molecule has 1 N–H and O–H groups in total. The zero-order chi connectivity index (χ0) is 14.7. The molecule has 2 unspecified atom stereocenters. The van der Waals surface area contributed by atoms with Crippen LogP contribution in [0.25, 0.3) is 0 Å². The molecule has 1 fully saturated rings. The van der Waals surface area contributed by atoms with Gasteiger partial charge in [0.25, 0.3) is 0 Å². The lowest BCUT2D eigenvalue weighted by molar-refractivity contribution is 0.266. The molecule has 2 atom stereocenters.